The molecule has 2 N–H and O–H groups in total. The molecular formula is C19H19ClN2O5S2. The van der Waals surface area contributed by atoms with Crippen LogP contribution in [0, 0.1) is 0 Å². The van der Waals surface area contributed by atoms with Gasteiger partial charge in [0, 0.05) is 16.3 Å². The Hall–Kier alpha value is -2.23. The summed E-state index contributed by atoms with van der Waals surface area (Å²) in [5.74, 6) is -0.614. The fourth-order valence-corrected chi connectivity index (χ4v) is 5.08. The summed E-state index contributed by atoms with van der Waals surface area (Å²) in [6.45, 7) is 1.78. The van der Waals surface area contributed by atoms with Crippen LogP contribution in [0.15, 0.2) is 46.2 Å². The van der Waals surface area contributed by atoms with E-state index in [4.69, 9.17) is 16.3 Å². The first-order valence-corrected chi connectivity index (χ1v) is 11.6. The van der Waals surface area contributed by atoms with E-state index in [-0.39, 0.29) is 28.2 Å². The lowest BCUT2D eigenvalue weighted by Gasteiger charge is -2.21. The summed E-state index contributed by atoms with van der Waals surface area (Å²) in [4.78, 5) is 24.9. The Morgan fingerprint density at radius 2 is 2.03 bits per heavy atom. The number of hydrogen-bond donors (Lipinski definition) is 2. The maximum atomic E-state index is 12.7. The SMILES string of the molecule is COc1ccc(Cl)cc1NC(=O)CCS(=O)(=O)c1ccc2c(c1)NC(=O)[C@H](C)S2. The van der Waals surface area contributed by atoms with Gasteiger partial charge >= 0.3 is 0 Å². The van der Waals surface area contributed by atoms with Crippen LogP contribution in [-0.2, 0) is 19.4 Å². The Balaban J connectivity index is 1.69. The van der Waals surface area contributed by atoms with E-state index in [9.17, 15) is 18.0 Å². The molecule has 0 unspecified atom stereocenters. The highest BCUT2D eigenvalue weighted by molar-refractivity contribution is 8.01. The largest absolute Gasteiger partial charge is 0.495 e. The van der Waals surface area contributed by atoms with Gasteiger partial charge in [0.05, 0.1) is 34.4 Å². The average Bonchev–Trinajstić information content (AvgIpc) is 2.67. The number of anilines is 2. The predicted octanol–water partition coefficient (Wildman–Crippen LogP) is 3.58. The normalized spacial score (nSPS) is 16.0. The molecule has 2 amide bonds. The third kappa shape index (κ3) is 5.04. The summed E-state index contributed by atoms with van der Waals surface area (Å²) in [5, 5.41) is 5.50. The molecule has 0 bridgehead atoms. The molecule has 0 fully saturated rings. The van der Waals surface area contributed by atoms with Crippen LogP contribution in [0.1, 0.15) is 13.3 Å². The van der Waals surface area contributed by atoms with Gasteiger partial charge in [-0.1, -0.05) is 11.6 Å². The van der Waals surface area contributed by atoms with E-state index < -0.39 is 15.7 Å². The van der Waals surface area contributed by atoms with Crippen molar-refractivity contribution in [2.24, 2.45) is 0 Å². The van der Waals surface area contributed by atoms with Gasteiger partial charge in [-0.15, -0.1) is 11.8 Å². The van der Waals surface area contributed by atoms with E-state index in [0.29, 0.717) is 22.1 Å². The second-order valence-electron chi connectivity index (χ2n) is 6.37. The summed E-state index contributed by atoms with van der Waals surface area (Å²) in [5.41, 5.74) is 0.831. The number of rotatable bonds is 6. The molecule has 0 spiro atoms. The number of sulfone groups is 1. The smallest absolute Gasteiger partial charge is 0.237 e. The van der Waals surface area contributed by atoms with Crippen molar-refractivity contribution in [2.45, 2.75) is 28.4 Å². The molecule has 1 aliphatic heterocycles. The molecule has 154 valence electrons. The molecule has 10 heteroatoms. The van der Waals surface area contributed by atoms with Crippen LogP contribution < -0.4 is 15.4 Å². The summed E-state index contributed by atoms with van der Waals surface area (Å²) in [7, 11) is -2.26. The predicted molar refractivity (Wildman–Crippen MR) is 114 cm³/mol. The average molecular weight is 455 g/mol. The van der Waals surface area contributed by atoms with Crippen molar-refractivity contribution >= 4 is 56.4 Å². The zero-order valence-electron chi connectivity index (χ0n) is 15.7. The number of fused-ring (bicyclic) bond motifs is 1. The van der Waals surface area contributed by atoms with E-state index >= 15 is 0 Å². The Morgan fingerprint density at radius 1 is 1.28 bits per heavy atom. The maximum Gasteiger partial charge on any atom is 0.237 e. The number of benzene rings is 2. The van der Waals surface area contributed by atoms with E-state index in [0.717, 1.165) is 4.90 Å². The lowest BCUT2D eigenvalue weighted by molar-refractivity contribution is -0.116. The number of hydrogen-bond acceptors (Lipinski definition) is 6. The van der Waals surface area contributed by atoms with Crippen molar-refractivity contribution in [1.82, 2.24) is 0 Å². The molecule has 0 radical (unpaired) electrons. The van der Waals surface area contributed by atoms with Crippen LogP contribution in [0.5, 0.6) is 5.75 Å². The third-order valence-corrected chi connectivity index (χ3v) is 7.40. The van der Waals surface area contributed by atoms with Crippen molar-refractivity contribution in [3.63, 3.8) is 0 Å². The minimum absolute atomic E-state index is 0.0554. The highest BCUT2D eigenvalue weighted by Crippen LogP contribution is 2.37. The van der Waals surface area contributed by atoms with E-state index in [1.165, 1.54) is 37.1 Å². The molecule has 1 atom stereocenters. The van der Waals surface area contributed by atoms with E-state index in [2.05, 4.69) is 10.6 Å². The maximum absolute atomic E-state index is 12.7. The van der Waals surface area contributed by atoms with Crippen molar-refractivity contribution in [1.29, 1.82) is 0 Å². The lowest BCUT2D eigenvalue weighted by Crippen LogP contribution is -2.26. The minimum atomic E-state index is -3.71. The molecule has 0 saturated heterocycles. The van der Waals surface area contributed by atoms with Crippen molar-refractivity contribution in [2.75, 3.05) is 23.5 Å². The van der Waals surface area contributed by atoms with Crippen LogP contribution in [0.3, 0.4) is 0 Å². The van der Waals surface area contributed by atoms with Gasteiger partial charge in [0.1, 0.15) is 5.75 Å². The van der Waals surface area contributed by atoms with Gasteiger partial charge in [-0.05, 0) is 43.3 Å². The Labute approximate surface area is 178 Å². The minimum Gasteiger partial charge on any atom is -0.495 e. The highest BCUT2D eigenvalue weighted by Gasteiger charge is 2.25. The Bertz CT molecular complexity index is 1070. The molecule has 0 aliphatic carbocycles. The first-order valence-electron chi connectivity index (χ1n) is 8.67. The van der Waals surface area contributed by atoms with Gasteiger partial charge in [-0.25, -0.2) is 8.42 Å². The lowest BCUT2D eigenvalue weighted by atomic mass is 10.3. The summed E-state index contributed by atoms with van der Waals surface area (Å²) >= 11 is 7.30. The molecular weight excluding hydrogens is 436 g/mol. The molecule has 29 heavy (non-hydrogen) atoms. The zero-order valence-corrected chi connectivity index (χ0v) is 18.1. The third-order valence-electron chi connectivity index (χ3n) is 4.27. The molecule has 7 nitrogen and oxygen atoms in total. The summed E-state index contributed by atoms with van der Waals surface area (Å²) < 4.78 is 30.5. The fourth-order valence-electron chi connectivity index (χ4n) is 2.72. The first-order chi connectivity index (χ1) is 13.7. The van der Waals surface area contributed by atoms with Gasteiger partial charge < -0.3 is 15.4 Å². The number of amides is 2. The van der Waals surface area contributed by atoms with Crippen LogP contribution in [0.25, 0.3) is 0 Å². The summed E-state index contributed by atoms with van der Waals surface area (Å²) in [6, 6.07) is 9.34. The standard InChI is InChI=1S/C19H19ClN2O5S2/c1-11-19(24)22-15-10-13(4-6-17(15)28-11)29(25,26)8-7-18(23)21-14-9-12(20)3-5-16(14)27-2/h3-6,9-11H,7-8H2,1-2H3,(H,21,23)(H,22,24)/t11-/m0/s1. The number of ether oxygens (including phenoxy) is 1. The molecule has 0 saturated carbocycles. The second kappa shape index (κ2) is 8.64. The summed E-state index contributed by atoms with van der Waals surface area (Å²) in [6.07, 6.45) is -0.243. The first kappa shape index (κ1) is 21.5. The number of thioether (sulfide) groups is 1. The molecule has 2 aromatic carbocycles. The van der Waals surface area contributed by atoms with Crippen molar-refractivity contribution in [3.05, 3.63) is 41.4 Å². The molecule has 2 aromatic rings. The fraction of sp³-hybridized carbons (Fsp3) is 0.263. The molecule has 0 aromatic heterocycles. The molecule has 1 aliphatic rings. The van der Waals surface area contributed by atoms with E-state index in [1.54, 1.807) is 25.1 Å². The molecule has 3 rings (SSSR count). The van der Waals surface area contributed by atoms with Crippen LogP contribution >= 0.6 is 23.4 Å². The van der Waals surface area contributed by atoms with Crippen LogP contribution in [0.2, 0.25) is 5.02 Å². The van der Waals surface area contributed by atoms with Crippen LogP contribution in [0.4, 0.5) is 11.4 Å². The zero-order chi connectivity index (χ0) is 21.2. The Morgan fingerprint density at radius 3 is 2.76 bits per heavy atom. The number of methoxy groups -OCH3 is 1. The molecule has 1 heterocycles. The number of nitrogens with one attached hydrogen (secondary N) is 2. The van der Waals surface area contributed by atoms with Crippen molar-refractivity contribution in [3.8, 4) is 5.75 Å². The second-order valence-corrected chi connectivity index (χ2v) is 10.3. The monoisotopic (exact) mass is 454 g/mol. The quantitative estimate of drug-likeness (QED) is 0.691. The van der Waals surface area contributed by atoms with Crippen LogP contribution in [-0.4, -0.2) is 38.3 Å². The van der Waals surface area contributed by atoms with Crippen molar-refractivity contribution < 1.29 is 22.7 Å². The topological polar surface area (TPSA) is 102 Å². The van der Waals surface area contributed by atoms with Gasteiger partial charge in [0.15, 0.2) is 9.84 Å². The van der Waals surface area contributed by atoms with Gasteiger partial charge in [-0.3, -0.25) is 9.59 Å². The van der Waals surface area contributed by atoms with Gasteiger partial charge in [-0.2, -0.15) is 0 Å². The number of carbonyl (C=O) groups excluding carboxylic acids is 2. The number of halogens is 1. The van der Waals surface area contributed by atoms with Gasteiger partial charge in [0.25, 0.3) is 0 Å². The van der Waals surface area contributed by atoms with E-state index in [1.807, 2.05) is 0 Å². The van der Waals surface area contributed by atoms with Gasteiger partial charge in [0.2, 0.25) is 11.8 Å². The highest BCUT2D eigenvalue weighted by atomic mass is 35.5. The Kier molecular flexibility index (Phi) is 6.40. The number of carbonyl (C=O) groups is 2.